The number of fused-ring (bicyclic) bond motifs is 3. The summed E-state index contributed by atoms with van der Waals surface area (Å²) < 4.78 is 29.4. The molecule has 1 aromatic carbocycles. The number of anilines is 1. The van der Waals surface area contributed by atoms with Crippen molar-refractivity contribution < 1.29 is 13.2 Å². The van der Waals surface area contributed by atoms with E-state index >= 15 is 0 Å². The summed E-state index contributed by atoms with van der Waals surface area (Å²) in [4.78, 5) is 16.8. The first kappa shape index (κ1) is 22.9. The van der Waals surface area contributed by atoms with Gasteiger partial charge < -0.3 is 5.32 Å². The number of carbonyl (C=O) groups is 1. The Hall–Kier alpha value is -1.30. The Morgan fingerprint density at radius 3 is 2.35 bits per heavy atom. The van der Waals surface area contributed by atoms with Crippen LogP contribution in [0.2, 0.25) is 0 Å². The number of rotatable bonds is 3. The van der Waals surface area contributed by atoms with Crippen LogP contribution >= 0.6 is 0 Å². The molecule has 8 nitrogen and oxygen atoms in total. The van der Waals surface area contributed by atoms with E-state index in [0.717, 1.165) is 55.3 Å². The van der Waals surface area contributed by atoms with Gasteiger partial charge in [0.25, 0.3) is 10.0 Å². The summed E-state index contributed by atoms with van der Waals surface area (Å²) in [7, 11) is -2.32. The summed E-state index contributed by atoms with van der Waals surface area (Å²) in [6, 6.07) is 3.02. The van der Waals surface area contributed by atoms with E-state index in [2.05, 4.69) is 26.2 Å². The molecule has 5 rings (SSSR count). The number of aryl methyl sites for hydroxylation is 4. The third-order valence-corrected chi connectivity index (χ3v) is 7.38. The number of aromatic nitrogens is 3. The Morgan fingerprint density at radius 1 is 1.06 bits per heavy atom. The molecule has 0 spiro atoms. The average molecular weight is 465 g/mol. The van der Waals surface area contributed by atoms with Gasteiger partial charge >= 0.3 is 6.03 Å². The van der Waals surface area contributed by atoms with E-state index in [1.165, 1.54) is 23.4 Å². The Balaban J connectivity index is 0.00000231. The topological polar surface area (TPSA) is 106 Å². The summed E-state index contributed by atoms with van der Waals surface area (Å²) in [5, 5.41) is 7.75. The van der Waals surface area contributed by atoms with Crippen molar-refractivity contribution in [2.24, 2.45) is 7.05 Å². The maximum atomic E-state index is 12.8. The minimum Gasteiger partial charge on any atom is -0.307 e. The van der Waals surface area contributed by atoms with Crippen molar-refractivity contribution >= 4 is 84.2 Å². The molecule has 2 aliphatic carbocycles. The zero-order chi connectivity index (χ0) is 21.0. The Labute approximate surface area is 223 Å². The van der Waals surface area contributed by atoms with Crippen LogP contribution in [-0.4, -0.2) is 80.6 Å². The van der Waals surface area contributed by atoms with Crippen molar-refractivity contribution in [1.29, 1.82) is 0 Å². The standard InChI is InChI=1S/C21H23N5O3S.K/c1-12-18-10-15(11-22-20(18)26(2)24-12)30(28,29)25-21(27)23-19-16-7-3-5-13(16)9-14-6-4-8-17(14)19;/h9-11H,3-8H2,1-2H3,(H2,23,25,27);. The van der Waals surface area contributed by atoms with Crippen molar-refractivity contribution in [3.8, 4) is 0 Å². The number of sulfonamides is 1. The van der Waals surface area contributed by atoms with Gasteiger partial charge in [0, 0.05) is 75.7 Å². The van der Waals surface area contributed by atoms with E-state index in [1.807, 2.05) is 0 Å². The first-order valence-corrected chi connectivity index (χ1v) is 11.6. The van der Waals surface area contributed by atoms with Crippen LogP contribution in [0.5, 0.6) is 0 Å². The van der Waals surface area contributed by atoms with Gasteiger partial charge in [-0.15, -0.1) is 0 Å². The van der Waals surface area contributed by atoms with Crippen LogP contribution < -0.4 is 10.0 Å². The van der Waals surface area contributed by atoms with E-state index in [0.29, 0.717) is 16.7 Å². The summed E-state index contributed by atoms with van der Waals surface area (Å²) in [6.07, 6.45) is 7.20. The number of nitrogens with one attached hydrogen (secondary N) is 2. The van der Waals surface area contributed by atoms with Gasteiger partial charge in [0.05, 0.1) is 5.69 Å². The van der Waals surface area contributed by atoms with Gasteiger partial charge in [0.2, 0.25) is 0 Å². The van der Waals surface area contributed by atoms with Gasteiger partial charge in [-0.25, -0.2) is 22.9 Å². The molecule has 31 heavy (non-hydrogen) atoms. The zero-order valence-corrected chi connectivity index (χ0v) is 21.9. The molecular weight excluding hydrogens is 441 g/mol. The number of nitrogens with zero attached hydrogens (tertiary/aromatic N) is 3. The van der Waals surface area contributed by atoms with Crippen LogP contribution in [0, 0.1) is 6.92 Å². The monoisotopic (exact) mass is 464 g/mol. The Kier molecular flexibility index (Phi) is 6.32. The van der Waals surface area contributed by atoms with Crippen molar-refractivity contribution in [1.82, 2.24) is 19.5 Å². The van der Waals surface area contributed by atoms with E-state index in [9.17, 15) is 13.2 Å². The van der Waals surface area contributed by atoms with Crippen LogP contribution in [0.15, 0.2) is 23.2 Å². The van der Waals surface area contributed by atoms with E-state index < -0.39 is 16.1 Å². The largest absolute Gasteiger partial charge is 0.333 e. The molecule has 0 saturated carbocycles. The number of amides is 2. The number of hydrogen-bond acceptors (Lipinski definition) is 5. The van der Waals surface area contributed by atoms with Gasteiger partial charge in [-0.3, -0.25) is 4.68 Å². The number of benzene rings is 1. The van der Waals surface area contributed by atoms with Crippen molar-refractivity contribution in [2.75, 3.05) is 5.32 Å². The third kappa shape index (κ3) is 4.09. The van der Waals surface area contributed by atoms with Gasteiger partial charge in [0.1, 0.15) is 4.90 Å². The Bertz CT molecular complexity index is 1280. The molecule has 0 aliphatic heterocycles. The molecule has 10 heteroatoms. The van der Waals surface area contributed by atoms with Crippen LogP contribution in [0.1, 0.15) is 40.8 Å². The molecule has 2 N–H and O–H groups in total. The van der Waals surface area contributed by atoms with E-state index in [1.54, 1.807) is 18.7 Å². The van der Waals surface area contributed by atoms with Gasteiger partial charge in [-0.2, -0.15) is 5.10 Å². The average Bonchev–Trinajstić information content (AvgIpc) is 3.41. The number of hydrogen-bond donors (Lipinski definition) is 2. The van der Waals surface area contributed by atoms with E-state index in [4.69, 9.17) is 0 Å². The predicted octanol–water partition coefficient (Wildman–Crippen LogP) is 2.38. The van der Waals surface area contributed by atoms with Crippen molar-refractivity contribution in [3.63, 3.8) is 0 Å². The molecule has 0 bridgehead atoms. The molecule has 0 unspecified atom stereocenters. The summed E-state index contributed by atoms with van der Waals surface area (Å²) in [5.41, 5.74) is 6.92. The Morgan fingerprint density at radius 2 is 1.71 bits per heavy atom. The smallest absolute Gasteiger partial charge is 0.307 e. The van der Waals surface area contributed by atoms with Crippen molar-refractivity contribution in [2.45, 2.75) is 50.3 Å². The maximum Gasteiger partial charge on any atom is 0.333 e. The molecule has 0 saturated heterocycles. The fraction of sp³-hybridized carbons (Fsp3) is 0.381. The van der Waals surface area contributed by atoms with Gasteiger partial charge in [0.15, 0.2) is 5.65 Å². The quantitative estimate of drug-likeness (QED) is 0.579. The second-order valence-electron chi connectivity index (χ2n) is 8.04. The second-order valence-corrected chi connectivity index (χ2v) is 9.73. The molecule has 0 atom stereocenters. The molecule has 157 valence electrons. The first-order chi connectivity index (χ1) is 14.3. The SMILES string of the molecule is Cc1nn(C)c2ncc(S(=O)(=O)NC(=O)Nc3c4c(cc5c3CCC5)CCC4)cc12.[K]. The van der Waals surface area contributed by atoms with Crippen molar-refractivity contribution in [3.05, 3.63) is 46.3 Å². The molecule has 2 aromatic heterocycles. The first-order valence-electron chi connectivity index (χ1n) is 10.1. The van der Waals surface area contributed by atoms with Crippen LogP contribution in [0.3, 0.4) is 0 Å². The summed E-state index contributed by atoms with van der Waals surface area (Å²) >= 11 is 0. The molecular formula is C21H23KN5O3S. The molecule has 2 amide bonds. The maximum absolute atomic E-state index is 12.8. The normalized spacial score (nSPS) is 14.8. The molecule has 2 aliphatic rings. The van der Waals surface area contributed by atoms with Gasteiger partial charge in [-0.05, 0) is 73.8 Å². The number of pyridine rings is 1. The predicted molar refractivity (Wildman–Crippen MR) is 119 cm³/mol. The molecule has 2 heterocycles. The second kappa shape index (κ2) is 8.56. The van der Waals surface area contributed by atoms with Crippen LogP contribution in [-0.2, 0) is 42.8 Å². The van der Waals surface area contributed by atoms with Crippen LogP contribution in [0.25, 0.3) is 11.0 Å². The zero-order valence-electron chi connectivity index (χ0n) is 17.9. The summed E-state index contributed by atoms with van der Waals surface area (Å²) in [5.74, 6) is 0. The fourth-order valence-corrected chi connectivity index (χ4v) is 5.60. The number of carbonyl (C=O) groups excluding carboxylic acids is 1. The van der Waals surface area contributed by atoms with Gasteiger partial charge in [-0.1, -0.05) is 6.07 Å². The fourth-order valence-electron chi connectivity index (χ4n) is 4.72. The minimum absolute atomic E-state index is 0. The third-order valence-electron chi connectivity index (χ3n) is 6.09. The molecule has 0 fully saturated rings. The van der Waals surface area contributed by atoms with Crippen LogP contribution in [0.4, 0.5) is 10.5 Å². The van der Waals surface area contributed by atoms with E-state index in [-0.39, 0.29) is 56.3 Å². The number of urea groups is 1. The molecule has 3 aromatic rings. The summed E-state index contributed by atoms with van der Waals surface area (Å²) in [6.45, 7) is 1.79. The molecule has 1 radical (unpaired) electrons. The minimum atomic E-state index is -4.07.